The summed E-state index contributed by atoms with van der Waals surface area (Å²) in [5.74, 6) is 0.608. The molecule has 13 nitrogen and oxygen atoms in total. The minimum Gasteiger partial charge on any atom is -0.493 e. The smallest absolute Gasteiger partial charge is 0.410 e. The number of rotatable bonds is 10. The molecule has 2 aliphatic rings. The van der Waals surface area contributed by atoms with Crippen molar-refractivity contribution < 1.29 is 14.3 Å². The molecule has 0 atom stereocenters. The fourth-order valence-electron chi connectivity index (χ4n) is 6.01. The Morgan fingerprint density at radius 3 is 2.43 bits per heavy atom. The second-order valence-corrected chi connectivity index (χ2v) is 12.9. The number of unbranched alkanes of at least 4 members (excludes halogenated alkanes) is 1. The molecule has 1 saturated carbocycles. The molecule has 3 aromatic rings. The minimum atomic E-state index is -0.547. The number of aromatic nitrogens is 4. The van der Waals surface area contributed by atoms with Gasteiger partial charge in [-0.15, -0.1) is 9.92 Å². The number of fused-ring (bicyclic) bond motifs is 1. The number of carbonyl (C=O) groups is 1. The summed E-state index contributed by atoms with van der Waals surface area (Å²) < 4.78 is 13.1. The molecule has 0 spiro atoms. The number of carbonyl (C=O) groups excluding carboxylic acids is 1. The fraction of sp³-hybridized carbons (Fsp3) is 0.545. The maximum Gasteiger partial charge on any atom is 0.410 e. The molecule has 1 amide bonds. The maximum absolute atomic E-state index is 14.0. The van der Waals surface area contributed by atoms with E-state index in [1.54, 1.807) is 27.9 Å². The van der Waals surface area contributed by atoms with Crippen LogP contribution in [0.1, 0.15) is 83.4 Å². The zero-order chi connectivity index (χ0) is 33.0. The third-order valence-corrected chi connectivity index (χ3v) is 8.46. The third kappa shape index (κ3) is 6.97. The van der Waals surface area contributed by atoms with E-state index >= 15 is 0 Å². The second kappa shape index (κ2) is 13.8. The van der Waals surface area contributed by atoms with Crippen LogP contribution in [0.4, 0.5) is 22.2 Å². The number of pyridine rings is 2. The SMILES string of the molecule is C=C(OCCCC)c1c(C)c2cnc(N(N=O)c3ccc(N4CCN(C(=O)OC(C)(C)C)CC4)cn3)nc2n(C2CCCC2)c1=O. The Balaban J connectivity index is 1.41. The van der Waals surface area contributed by atoms with Crippen molar-refractivity contribution in [1.29, 1.82) is 0 Å². The highest BCUT2D eigenvalue weighted by molar-refractivity contribution is 5.84. The van der Waals surface area contributed by atoms with Crippen molar-refractivity contribution >= 4 is 40.3 Å². The topological polar surface area (TPSA) is 135 Å². The van der Waals surface area contributed by atoms with Crippen LogP contribution in [0.5, 0.6) is 0 Å². The molecule has 0 aromatic carbocycles. The molecule has 4 heterocycles. The van der Waals surface area contributed by atoms with Crippen molar-refractivity contribution in [3.8, 4) is 0 Å². The number of aryl methyl sites for hydroxylation is 1. The van der Waals surface area contributed by atoms with Crippen molar-refractivity contribution in [3.63, 3.8) is 0 Å². The van der Waals surface area contributed by atoms with Gasteiger partial charge in [-0.2, -0.15) is 4.98 Å². The average Bonchev–Trinajstić information content (AvgIpc) is 3.56. The van der Waals surface area contributed by atoms with Crippen molar-refractivity contribution in [2.45, 2.75) is 84.8 Å². The molecule has 2 fully saturated rings. The van der Waals surface area contributed by atoms with E-state index < -0.39 is 5.60 Å². The summed E-state index contributed by atoms with van der Waals surface area (Å²) in [4.78, 5) is 56.2. The average molecular weight is 633 g/mol. The number of hydrogen-bond donors (Lipinski definition) is 0. The van der Waals surface area contributed by atoms with Crippen LogP contribution >= 0.6 is 0 Å². The Hall–Kier alpha value is -4.55. The zero-order valence-electron chi connectivity index (χ0n) is 27.5. The van der Waals surface area contributed by atoms with E-state index in [2.05, 4.69) is 33.7 Å². The molecule has 0 N–H and O–H groups in total. The summed E-state index contributed by atoms with van der Waals surface area (Å²) in [5.41, 5.74) is 1.65. The van der Waals surface area contributed by atoms with Gasteiger partial charge in [0.25, 0.3) is 11.5 Å². The van der Waals surface area contributed by atoms with Crippen molar-refractivity contribution in [2.75, 3.05) is 42.7 Å². The summed E-state index contributed by atoms with van der Waals surface area (Å²) in [6.45, 7) is 16.3. The van der Waals surface area contributed by atoms with E-state index in [4.69, 9.17) is 14.5 Å². The van der Waals surface area contributed by atoms with Gasteiger partial charge >= 0.3 is 6.09 Å². The van der Waals surface area contributed by atoms with E-state index in [-0.39, 0.29) is 29.5 Å². The highest BCUT2D eigenvalue weighted by Gasteiger charge is 2.28. The molecule has 1 saturated heterocycles. The van der Waals surface area contributed by atoms with Crippen molar-refractivity contribution in [3.05, 3.63) is 57.5 Å². The van der Waals surface area contributed by atoms with Crippen LogP contribution < -0.4 is 15.5 Å². The first-order valence-corrected chi connectivity index (χ1v) is 16.1. The lowest BCUT2D eigenvalue weighted by atomic mass is 10.0. The number of anilines is 3. The molecule has 1 aliphatic carbocycles. The Morgan fingerprint density at radius 2 is 1.83 bits per heavy atom. The number of nitrogens with zero attached hydrogens (tertiary/aromatic N) is 8. The summed E-state index contributed by atoms with van der Waals surface area (Å²) >= 11 is 0. The highest BCUT2D eigenvalue weighted by Crippen LogP contribution is 2.34. The molecule has 0 unspecified atom stereocenters. The van der Waals surface area contributed by atoms with Gasteiger partial charge in [-0.1, -0.05) is 32.8 Å². The van der Waals surface area contributed by atoms with Crippen LogP contribution in [0.15, 0.2) is 41.2 Å². The Kier molecular flexibility index (Phi) is 9.88. The summed E-state index contributed by atoms with van der Waals surface area (Å²) in [7, 11) is 0. The van der Waals surface area contributed by atoms with E-state index in [1.807, 2.05) is 33.8 Å². The molecule has 5 rings (SSSR count). The van der Waals surface area contributed by atoms with Crippen LogP contribution in [0.3, 0.4) is 0 Å². The van der Waals surface area contributed by atoms with E-state index in [9.17, 15) is 14.5 Å². The number of piperazine rings is 1. The molecular formula is C33H44N8O5. The van der Waals surface area contributed by atoms with Gasteiger partial charge in [-0.05, 0) is 64.7 Å². The predicted molar refractivity (Wildman–Crippen MR) is 178 cm³/mol. The molecule has 0 bridgehead atoms. The normalized spacial score (nSPS) is 15.7. The van der Waals surface area contributed by atoms with Crippen LogP contribution in [0, 0.1) is 11.8 Å². The summed E-state index contributed by atoms with van der Waals surface area (Å²) in [6, 6.07) is 3.49. The molecule has 13 heteroatoms. The van der Waals surface area contributed by atoms with Crippen molar-refractivity contribution in [1.82, 2.24) is 24.4 Å². The molecule has 246 valence electrons. The number of amides is 1. The molecule has 46 heavy (non-hydrogen) atoms. The Bertz CT molecular complexity index is 1630. The van der Waals surface area contributed by atoms with Gasteiger partial charge in [0.2, 0.25) is 0 Å². The highest BCUT2D eigenvalue weighted by atomic mass is 16.6. The first-order chi connectivity index (χ1) is 22.0. The lowest BCUT2D eigenvalue weighted by Gasteiger charge is -2.36. The number of hydrogen-bond acceptors (Lipinski definition) is 10. The molecule has 1 aliphatic heterocycles. The fourth-order valence-corrected chi connectivity index (χ4v) is 6.01. The van der Waals surface area contributed by atoms with E-state index in [1.165, 1.54) is 0 Å². The molecule has 0 radical (unpaired) electrons. The predicted octanol–water partition coefficient (Wildman–Crippen LogP) is 6.27. The minimum absolute atomic E-state index is 0.0186. The quantitative estimate of drug-likeness (QED) is 0.109. The largest absolute Gasteiger partial charge is 0.493 e. The molecular weight excluding hydrogens is 588 g/mol. The molecule has 3 aromatic heterocycles. The van der Waals surface area contributed by atoms with Crippen LogP contribution in [-0.2, 0) is 9.47 Å². The summed E-state index contributed by atoms with van der Waals surface area (Å²) in [5, 5.41) is 4.91. The van der Waals surface area contributed by atoms with Gasteiger partial charge in [-0.3, -0.25) is 9.36 Å². The number of ether oxygens (including phenoxy) is 2. The van der Waals surface area contributed by atoms with Crippen LogP contribution in [-0.4, -0.2) is 68.9 Å². The van der Waals surface area contributed by atoms with Gasteiger partial charge in [-0.25, -0.2) is 14.8 Å². The monoisotopic (exact) mass is 632 g/mol. The standard InChI is InChI=1S/C33H44N8O5/c1-7-8-19-45-23(3)28-22(2)26-21-35-31(36-29(26)40(30(28)42)24-11-9-10-12-24)41(37-44)27-14-13-25(20-34-27)38-15-17-39(18-16-38)32(43)46-33(4,5)6/h13-14,20-21,24H,3,7-12,15-19H2,1-2,4-6H3. The van der Waals surface area contributed by atoms with Gasteiger partial charge in [0.05, 0.1) is 29.3 Å². The maximum atomic E-state index is 14.0. The van der Waals surface area contributed by atoms with Gasteiger partial charge < -0.3 is 19.3 Å². The summed E-state index contributed by atoms with van der Waals surface area (Å²) in [6.07, 6.45) is 8.53. The van der Waals surface area contributed by atoms with Crippen LogP contribution in [0.2, 0.25) is 0 Å². The Morgan fingerprint density at radius 1 is 1.11 bits per heavy atom. The van der Waals surface area contributed by atoms with Crippen molar-refractivity contribution in [2.24, 2.45) is 5.29 Å². The van der Waals surface area contributed by atoms with Crippen LogP contribution in [0.25, 0.3) is 16.8 Å². The first kappa shape index (κ1) is 32.8. The van der Waals surface area contributed by atoms with E-state index in [0.717, 1.165) is 49.2 Å². The number of nitroso groups, excluding NO2 is 1. The zero-order valence-corrected chi connectivity index (χ0v) is 27.5. The van der Waals surface area contributed by atoms with Gasteiger partial charge in [0.1, 0.15) is 17.0 Å². The van der Waals surface area contributed by atoms with Gasteiger partial charge in [0, 0.05) is 43.8 Å². The first-order valence-electron chi connectivity index (χ1n) is 16.1. The van der Waals surface area contributed by atoms with E-state index in [0.29, 0.717) is 60.7 Å². The lowest BCUT2D eigenvalue weighted by Crippen LogP contribution is -2.50. The second-order valence-electron chi connectivity index (χ2n) is 12.9. The lowest BCUT2D eigenvalue weighted by molar-refractivity contribution is 0.0240. The third-order valence-electron chi connectivity index (χ3n) is 8.46. The van der Waals surface area contributed by atoms with Gasteiger partial charge in [0.15, 0.2) is 5.82 Å². The Labute approximate surface area is 269 Å².